The summed E-state index contributed by atoms with van der Waals surface area (Å²) in [5.74, 6) is 0.0536. The Morgan fingerprint density at radius 1 is 1.26 bits per heavy atom. The van der Waals surface area contributed by atoms with Crippen LogP contribution in [0.1, 0.15) is 64.7 Å². The summed E-state index contributed by atoms with van der Waals surface area (Å²) in [5.41, 5.74) is 0. The van der Waals surface area contributed by atoms with Gasteiger partial charge in [0.25, 0.3) is 0 Å². The molecule has 1 saturated carbocycles. The molecule has 0 saturated heterocycles. The number of carboxylic acids is 1. The van der Waals surface area contributed by atoms with Crippen LogP contribution < -0.4 is 0 Å². The monoisotopic (exact) mass is 269 g/mol. The molecule has 110 valence electrons. The number of rotatable bonds is 9. The molecule has 1 amide bonds. The van der Waals surface area contributed by atoms with Crippen LogP contribution in [0, 0.1) is 5.92 Å². The Hall–Kier alpha value is -1.06. The average Bonchev–Trinajstić information content (AvgIpc) is 2.42. The van der Waals surface area contributed by atoms with E-state index in [1.807, 2.05) is 4.90 Å². The van der Waals surface area contributed by atoms with Crippen molar-refractivity contribution in [2.45, 2.75) is 70.8 Å². The van der Waals surface area contributed by atoms with E-state index >= 15 is 0 Å². The summed E-state index contributed by atoms with van der Waals surface area (Å²) in [6, 6.07) is 0.337. The summed E-state index contributed by atoms with van der Waals surface area (Å²) in [6.45, 7) is 2.81. The molecule has 0 spiro atoms. The van der Waals surface area contributed by atoms with Gasteiger partial charge in [-0.05, 0) is 38.0 Å². The first-order valence-electron chi connectivity index (χ1n) is 7.60. The van der Waals surface area contributed by atoms with Crippen LogP contribution in [0.2, 0.25) is 0 Å². The van der Waals surface area contributed by atoms with Gasteiger partial charge in [0, 0.05) is 19.0 Å². The smallest absolute Gasteiger partial charge is 0.303 e. The zero-order chi connectivity index (χ0) is 14.1. The average molecular weight is 269 g/mol. The summed E-state index contributed by atoms with van der Waals surface area (Å²) in [7, 11) is 0. The Labute approximate surface area is 116 Å². The van der Waals surface area contributed by atoms with Crippen LogP contribution in [0.15, 0.2) is 0 Å². The normalized spacial score (nSPS) is 23.0. The highest BCUT2D eigenvalue weighted by atomic mass is 16.4. The van der Waals surface area contributed by atoms with E-state index in [0.717, 1.165) is 25.2 Å². The molecule has 1 fully saturated rings. The Kier molecular flexibility index (Phi) is 7.53. The van der Waals surface area contributed by atoms with Crippen LogP contribution in [-0.2, 0) is 9.59 Å². The molecule has 19 heavy (non-hydrogen) atoms. The van der Waals surface area contributed by atoms with Gasteiger partial charge in [-0.25, -0.2) is 0 Å². The summed E-state index contributed by atoms with van der Waals surface area (Å²) in [6.07, 6.45) is 10.1. The van der Waals surface area contributed by atoms with E-state index in [2.05, 4.69) is 6.92 Å². The number of hydrogen-bond donors (Lipinski definition) is 1. The van der Waals surface area contributed by atoms with E-state index in [4.69, 9.17) is 5.11 Å². The number of carbonyl (C=O) groups is 2. The van der Waals surface area contributed by atoms with Crippen LogP contribution in [-0.4, -0.2) is 35.0 Å². The minimum absolute atomic E-state index is 0.149. The number of hydrogen-bond acceptors (Lipinski definition) is 2. The molecule has 0 unspecified atom stereocenters. The first-order chi connectivity index (χ1) is 9.17. The van der Waals surface area contributed by atoms with Gasteiger partial charge in [-0.1, -0.05) is 26.2 Å². The highest BCUT2D eigenvalue weighted by molar-refractivity contribution is 5.66. The molecular weight excluding hydrogens is 242 g/mol. The van der Waals surface area contributed by atoms with Gasteiger partial charge in [0.2, 0.25) is 6.41 Å². The van der Waals surface area contributed by atoms with E-state index in [0.29, 0.717) is 19.0 Å². The number of unbranched alkanes of at least 4 members (excludes halogenated alkanes) is 1. The van der Waals surface area contributed by atoms with Gasteiger partial charge in [0.05, 0.1) is 0 Å². The number of amides is 1. The standard InChI is InChI=1S/C15H27NO3/c1-2-3-5-13-7-9-14(10-8-13)16(12-17)11-4-6-15(18)19/h12-14H,2-11H2,1H3,(H,18,19). The maximum atomic E-state index is 11.1. The van der Waals surface area contributed by atoms with E-state index in [1.54, 1.807) is 0 Å². The fourth-order valence-electron chi connectivity index (χ4n) is 2.99. The molecule has 1 N–H and O–H groups in total. The Morgan fingerprint density at radius 3 is 2.47 bits per heavy atom. The molecule has 1 rings (SSSR count). The van der Waals surface area contributed by atoms with Gasteiger partial charge in [-0.3, -0.25) is 9.59 Å². The van der Waals surface area contributed by atoms with Crippen molar-refractivity contribution < 1.29 is 14.7 Å². The third-order valence-electron chi connectivity index (χ3n) is 4.19. The van der Waals surface area contributed by atoms with Gasteiger partial charge in [0.15, 0.2) is 0 Å². The second-order valence-electron chi connectivity index (χ2n) is 5.66. The fourth-order valence-corrected chi connectivity index (χ4v) is 2.99. The first kappa shape index (κ1) is 16.0. The van der Waals surface area contributed by atoms with Gasteiger partial charge in [-0.2, -0.15) is 0 Å². The van der Waals surface area contributed by atoms with Crippen molar-refractivity contribution in [1.29, 1.82) is 0 Å². The third-order valence-corrected chi connectivity index (χ3v) is 4.19. The first-order valence-corrected chi connectivity index (χ1v) is 7.60. The molecule has 0 heterocycles. The summed E-state index contributed by atoms with van der Waals surface area (Å²) in [5, 5.41) is 8.62. The topological polar surface area (TPSA) is 57.6 Å². The lowest BCUT2D eigenvalue weighted by atomic mass is 9.82. The molecule has 1 aliphatic rings. The fraction of sp³-hybridized carbons (Fsp3) is 0.867. The third kappa shape index (κ3) is 6.08. The SMILES string of the molecule is CCCCC1CCC(N(C=O)CCCC(=O)O)CC1. The highest BCUT2D eigenvalue weighted by Crippen LogP contribution is 2.30. The molecular formula is C15H27NO3. The van der Waals surface area contributed by atoms with Gasteiger partial charge in [0.1, 0.15) is 0 Å². The lowest BCUT2D eigenvalue weighted by molar-refractivity contribution is -0.137. The molecule has 4 heteroatoms. The minimum atomic E-state index is -0.783. The minimum Gasteiger partial charge on any atom is -0.481 e. The lowest BCUT2D eigenvalue weighted by Gasteiger charge is -2.34. The van der Waals surface area contributed by atoms with Crippen LogP contribution >= 0.6 is 0 Å². The van der Waals surface area contributed by atoms with Crippen molar-refractivity contribution in [1.82, 2.24) is 4.90 Å². The molecule has 0 radical (unpaired) electrons. The molecule has 0 aromatic carbocycles. The van der Waals surface area contributed by atoms with E-state index in [-0.39, 0.29) is 6.42 Å². The predicted molar refractivity (Wildman–Crippen MR) is 74.9 cm³/mol. The molecule has 0 bridgehead atoms. The molecule has 0 aromatic heterocycles. The molecule has 0 atom stereocenters. The Balaban J connectivity index is 2.26. The van der Waals surface area contributed by atoms with Crippen molar-refractivity contribution in [3.8, 4) is 0 Å². The highest BCUT2D eigenvalue weighted by Gasteiger charge is 2.24. The van der Waals surface area contributed by atoms with Crippen LogP contribution in [0.4, 0.5) is 0 Å². The van der Waals surface area contributed by atoms with Crippen molar-refractivity contribution >= 4 is 12.4 Å². The Morgan fingerprint density at radius 2 is 1.95 bits per heavy atom. The van der Waals surface area contributed by atoms with Crippen LogP contribution in [0.25, 0.3) is 0 Å². The quantitative estimate of drug-likeness (QED) is 0.654. The Bertz CT molecular complexity index is 273. The van der Waals surface area contributed by atoms with Crippen LogP contribution in [0.5, 0.6) is 0 Å². The summed E-state index contributed by atoms with van der Waals surface area (Å²) >= 11 is 0. The molecule has 0 aliphatic heterocycles. The van der Waals surface area contributed by atoms with Crippen molar-refractivity contribution in [3.05, 3.63) is 0 Å². The largest absolute Gasteiger partial charge is 0.481 e. The lowest BCUT2D eigenvalue weighted by Crippen LogP contribution is -2.38. The predicted octanol–water partition coefficient (Wildman–Crippen LogP) is 3.06. The van der Waals surface area contributed by atoms with Gasteiger partial charge >= 0.3 is 5.97 Å². The van der Waals surface area contributed by atoms with E-state index in [1.165, 1.54) is 32.1 Å². The van der Waals surface area contributed by atoms with Crippen LogP contribution in [0.3, 0.4) is 0 Å². The van der Waals surface area contributed by atoms with Crippen molar-refractivity contribution in [2.75, 3.05) is 6.54 Å². The number of nitrogens with zero attached hydrogens (tertiary/aromatic N) is 1. The maximum Gasteiger partial charge on any atom is 0.303 e. The second-order valence-corrected chi connectivity index (χ2v) is 5.66. The van der Waals surface area contributed by atoms with Gasteiger partial charge in [-0.15, -0.1) is 0 Å². The van der Waals surface area contributed by atoms with E-state index < -0.39 is 5.97 Å². The second kappa shape index (κ2) is 8.94. The van der Waals surface area contributed by atoms with E-state index in [9.17, 15) is 9.59 Å². The van der Waals surface area contributed by atoms with Crippen molar-refractivity contribution in [2.24, 2.45) is 5.92 Å². The molecule has 4 nitrogen and oxygen atoms in total. The molecule has 0 aromatic rings. The number of carbonyl (C=O) groups excluding carboxylic acids is 1. The van der Waals surface area contributed by atoms with Crippen molar-refractivity contribution in [3.63, 3.8) is 0 Å². The summed E-state index contributed by atoms with van der Waals surface area (Å²) < 4.78 is 0. The molecule has 1 aliphatic carbocycles. The maximum absolute atomic E-state index is 11.1. The number of aliphatic carboxylic acids is 1. The zero-order valence-corrected chi connectivity index (χ0v) is 12.0. The van der Waals surface area contributed by atoms with Gasteiger partial charge < -0.3 is 10.0 Å². The zero-order valence-electron chi connectivity index (χ0n) is 12.0. The number of carboxylic acid groups (broad SMARTS) is 1. The summed E-state index contributed by atoms with van der Waals surface area (Å²) in [4.78, 5) is 23.4.